The van der Waals surface area contributed by atoms with Crippen molar-refractivity contribution in [2.24, 2.45) is 5.10 Å². The van der Waals surface area contributed by atoms with Crippen LogP contribution in [0.2, 0.25) is 0 Å². The highest BCUT2D eigenvalue weighted by molar-refractivity contribution is 7.13. The number of rotatable bonds is 4. The van der Waals surface area contributed by atoms with Gasteiger partial charge in [-0.25, -0.2) is 4.98 Å². The summed E-state index contributed by atoms with van der Waals surface area (Å²) in [7, 11) is 1.56. The number of nitrogens with one attached hydrogen (secondary N) is 2. The summed E-state index contributed by atoms with van der Waals surface area (Å²) in [6.45, 7) is 0.246. The summed E-state index contributed by atoms with van der Waals surface area (Å²) in [5.41, 5.74) is 4.02. The summed E-state index contributed by atoms with van der Waals surface area (Å²) in [5, 5.41) is 8.81. The average Bonchev–Trinajstić information content (AvgIpc) is 3.14. The van der Waals surface area contributed by atoms with Crippen LogP contribution in [-0.2, 0) is 0 Å². The van der Waals surface area contributed by atoms with Crippen molar-refractivity contribution < 1.29 is 14.3 Å². The van der Waals surface area contributed by atoms with Gasteiger partial charge in [-0.1, -0.05) is 0 Å². The number of anilines is 1. The van der Waals surface area contributed by atoms with E-state index in [-0.39, 0.29) is 12.7 Å². The summed E-state index contributed by atoms with van der Waals surface area (Å²) < 4.78 is 10.5. The van der Waals surface area contributed by atoms with Gasteiger partial charge in [0.1, 0.15) is 5.69 Å². The molecule has 1 amide bonds. The Morgan fingerprint density at radius 2 is 2.29 bits per heavy atom. The van der Waals surface area contributed by atoms with Gasteiger partial charge in [-0.05, 0) is 23.8 Å². The number of carbonyl (C=O) groups excluding carboxylic acids is 1. The zero-order valence-corrected chi connectivity index (χ0v) is 11.9. The maximum atomic E-state index is 11.4. The number of benzene rings is 1. The zero-order valence-electron chi connectivity index (χ0n) is 11.1. The second-order valence-corrected chi connectivity index (χ2v) is 4.96. The Labute approximate surface area is 124 Å². The number of fused-ring (bicyclic) bond motifs is 1. The third kappa shape index (κ3) is 2.95. The molecule has 1 aliphatic heterocycles. The van der Waals surface area contributed by atoms with E-state index < -0.39 is 0 Å². The minimum atomic E-state index is -0.223. The minimum Gasteiger partial charge on any atom is -0.454 e. The summed E-state index contributed by atoms with van der Waals surface area (Å²) >= 11 is 1.31. The number of hydrogen-bond acceptors (Lipinski definition) is 7. The molecule has 0 saturated carbocycles. The lowest BCUT2D eigenvalue weighted by Gasteiger charge is -1.97. The molecule has 2 N–H and O–H groups in total. The highest BCUT2D eigenvalue weighted by atomic mass is 32.1. The number of hydrogen-bond donors (Lipinski definition) is 2. The molecule has 0 bridgehead atoms. The summed E-state index contributed by atoms with van der Waals surface area (Å²) in [6, 6.07) is 5.54. The van der Waals surface area contributed by atoms with Crippen LogP contribution in [0.15, 0.2) is 28.7 Å². The van der Waals surface area contributed by atoms with Crippen LogP contribution in [0.1, 0.15) is 16.1 Å². The Hall–Kier alpha value is -2.61. The Kier molecular flexibility index (Phi) is 3.69. The van der Waals surface area contributed by atoms with Crippen molar-refractivity contribution in [1.29, 1.82) is 0 Å². The molecule has 21 heavy (non-hydrogen) atoms. The molecular weight excluding hydrogens is 292 g/mol. The molecule has 0 radical (unpaired) electrons. The molecule has 3 rings (SSSR count). The fourth-order valence-electron chi connectivity index (χ4n) is 1.71. The van der Waals surface area contributed by atoms with Crippen molar-refractivity contribution in [1.82, 2.24) is 10.3 Å². The Morgan fingerprint density at radius 1 is 1.43 bits per heavy atom. The summed E-state index contributed by atoms with van der Waals surface area (Å²) in [6.07, 6.45) is 1.64. The maximum absolute atomic E-state index is 11.4. The van der Waals surface area contributed by atoms with Crippen LogP contribution in [0.25, 0.3) is 0 Å². The first-order chi connectivity index (χ1) is 10.3. The van der Waals surface area contributed by atoms with Gasteiger partial charge in [0, 0.05) is 12.4 Å². The molecule has 2 heterocycles. The number of ether oxygens (including phenoxy) is 2. The predicted octanol–water partition coefficient (Wildman–Crippen LogP) is 1.68. The number of carbonyl (C=O) groups is 1. The fourth-order valence-corrected chi connectivity index (χ4v) is 2.35. The second kappa shape index (κ2) is 5.80. The Morgan fingerprint density at radius 3 is 3.14 bits per heavy atom. The van der Waals surface area contributed by atoms with Crippen LogP contribution >= 0.6 is 11.3 Å². The largest absolute Gasteiger partial charge is 0.454 e. The van der Waals surface area contributed by atoms with Gasteiger partial charge >= 0.3 is 0 Å². The lowest BCUT2D eigenvalue weighted by molar-refractivity contribution is 0.0959. The van der Waals surface area contributed by atoms with Gasteiger partial charge in [0.15, 0.2) is 11.5 Å². The normalized spacial score (nSPS) is 12.6. The van der Waals surface area contributed by atoms with Gasteiger partial charge in [-0.2, -0.15) is 5.10 Å². The fraction of sp³-hybridized carbons (Fsp3) is 0.154. The van der Waals surface area contributed by atoms with E-state index in [1.54, 1.807) is 18.6 Å². The van der Waals surface area contributed by atoms with E-state index in [1.807, 2.05) is 18.2 Å². The third-order valence-corrected chi connectivity index (χ3v) is 3.48. The molecule has 1 aliphatic rings. The average molecular weight is 304 g/mol. The molecule has 0 atom stereocenters. The van der Waals surface area contributed by atoms with Gasteiger partial charge in [0.25, 0.3) is 5.91 Å². The molecule has 1 aromatic carbocycles. The van der Waals surface area contributed by atoms with E-state index in [4.69, 9.17) is 9.47 Å². The zero-order chi connectivity index (χ0) is 14.7. The molecule has 0 unspecified atom stereocenters. The van der Waals surface area contributed by atoms with E-state index >= 15 is 0 Å². The van der Waals surface area contributed by atoms with Crippen molar-refractivity contribution in [3.05, 3.63) is 34.8 Å². The van der Waals surface area contributed by atoms with Crippen molar-refractivity contribution in [2.45, 2.75) is 0 Å². The van der Waals surface area contributed by atoms with Crippen LogP contribution in [-0.4, -0.2) is 30.9 Å². The molecule has 8 heteroatoms. The van der Waals surface area contributed by atoms with Crippen LogP contribution < -0.4 is 20.2 Å². The molecule has 1 aromatic heterocycles. The van der Waals surface area contributed by atoms with E-state index in [2.05, 4.69) is 20.8 Å². The number of amides is 1. The molecule has 0 saturated heterocycles. The molecule has 0 fully saturated rings. The first-order valence-corrected chi connectivity index (χ1v) is 7.00. The number of nitrogens with zero attached hydrogens (tertiary/aromatic N) is 2. The quantitative estimate of drug-likeness (QED) is 0.663. The van der Waals surface area contributed by atoms with Gasteiger partial charge in [-0.3, -0.25) is 10.2 Å². The van der Waals surface area contributed by atoms with Gasteiger partial charge in [0.05, 0.1) is 6.21 Å². The van der Waals surface area contributed by atoms with E-state index in [1.165, 1.54) is 11.3 Å². The van der Waals surface area contributed by atoms with E-state index in [9.17, 15) is 4.79 Å². The molecule has 7 nitrogen and oxygen atoms in total. The van der Waals surface area contributed by atoms with Crippen molar-refractivity contribution >= 4 is 28.6 Å². The predicted molar refractivity (Wildman–Crippen MR) is 79.3 cm³/mol. The van der Waals surface area contributed by atoms with Crippen molar-refractivity contribution in [3.63, 3.8) is 0 Å². The van der Waals surface area contributed by atoms with Crippen LogP contribution in [0.4, 0.5) is 5.13 Å². The summed E-state index contributed by atoms with van der Waals surface area (Å²) in [5.74, 6) is 1.21. The van der Waals surface area contributed by atoms with Crippen LogP contribution in [0.5, 0.6) is 11.5 Å². The first-order valence-electron chi connectivity index (χ1n) is 6.12. The van der Waals surface area contributed by atoms with Gasteiger partial charge in [0.2, 0.25) is 11.9 Å². The molecule has 2 aromatic rings. The van der Waals surface area contributed by atoms with Crippen LogP contribution in [0, 0.1) is 0 Å². The molecule has 0 aliphatic carbocycles. The SMILES string of the molecule is CNC(=O)c1csc(N/N=C/c2ccc3c(c2)OCO3)n1. The number of thiazole rings is 1. The summed E-state index contributed by atoms with van der Waals surface area (Å²) in [4.78, 5) is 15.5. The minimum absolute atomic E-state index is 0.223. The highest BCUT2D eigenvalue weighted by Gasteiger charge is 2.12. The maximum Gasteiger partial charge on any atom is 0.270 e. The molecular formula is C13H12N4O3S. The van der Waals surface area contributed by atoms with Gasteiger partial charge < -0.3 is 14.8 Å². The van der Waals surface area contributed by atoms with E-state index in [0.717, 1.165) is 11.3 Å². The number of hydrazone groups is 1. The number of aromatic nitrogens is 1. The van der Waals surface area contributed by atoms with Gasteiger partial charge in [-0.15, -0.1) is 11.3 Å². The van der Waals surface area contributed by atoms with Crippen molar-refractivity contribution in [3.8, 4) is 11.5 Å². The smallest absolute Gasteiger partial charge is 0.270 e. The monoisotopic (exact) mass is 304 g/mol. The first kappa shape index (κ1) is 13.4. The molecule has 0 spiro atoms. The third-order valence-electron chi connectivity index (χ3n) is 2.73. The van der Waals surface area contributed by atoms with Crippen molar-refractivity contribution in [2.75, 3.05) is 19.3 Å². The topological polar surface area (TPSA) is 84.8 Å². The standard InChI is InChI=1S/C13H12N4O3S/c1-14-12(18)9-6-21-13(16-9)17-15-5-8-2-3-10-11(4-8)20-7-19-10/h2-6H,7H2,1H3,(H,14,18)(H,16,17)/b15-5+. The van der Waals surface area contributed by atoms with Crippen LogP contribution in [0.3, 0.4) is 0 Å². The molecule has 108 valence electrons. The Bertz CT molecular complexity index is 698. The second-order valence-electron chi connectivity index (χ2n) is 4.10. The Balaban J connectivity index is 1.64. The van der Waals surface area contributed by atoms with E-state index in [0.29, 0.717) is 16.6 Å². The highest BCUT2D eigenvalue weighted by Crippen LogP contribution is 2.31. The lowest BCUT2D eigenvalue weighted by Crippen LogP contribution is -2.17. The lowest BCUT2D eigenvalue weighted by atomic mass is 10.2.